The van der Waals surface area contributed by atoms with E-state index in [1.165, 1.54) is 6.07 Å². The molecule has 0 aliphatic carbocycles. The number of fused-ring (bicyclic) bond motifs is 1. The molecule has 0 fully saturated rings. The molecule has 0 N–H and O–H groups in total. The van der Waals surface area contributed by atoms with Gasteiger partial charge < -0.3 is 9.15 Å². The predicted molar refractivity (Wildman–Crippen MR) is 105 cm³/mol. The number of aryl methyl sites for hydroxylation is 2. The van der Waals surface area contributed by atoms with Crippen molar-refractivity contribution in [1.82, 2.24) is 9.78 Å². The molecule has 2 aromatic heterocycles. The zero-order valence-electron chi connectivity index (χ0n) is 15.5. The first-order valence-corrected chi connectivity index (χ1v) is 8.78. The molecule has 138 valence electrons. The number of aromatic nitrogens is 2. The Kier molecular flexibility index (Phi) is 4.42. The van der Waals surface area contributed by atoms with Gasteiger partial charge in [0.1, 0.15) is 29.6 Å². The van der Waals surface area contributed by atoms with Crippen molar-refractivity contribution < 1.29 is 9.15 Å². The van der Waals surface area contributed by atoms with E-state index in [9.17, 15) is 10.1 Å². The number of rotatable bonds is 4. The maximum Gasteiger partial charge on any atom is 0.336 e. The van der Waals surface area contributed by atoms with E-state index in [1.54, 1.807) is 17.7 Å². The second kappa shape index (κ2) is 7.05. The Morgan fingerprint density at radius 2 is 1.93 bits per heavy atom. The molecule has 0 bridgehead atoms. The summed E-state index contributed by atoms with van der Waals surface area (Å²) < 4.78 is 12.9. The van der Waals surface area contributed by atoms with E-state index in [-0.39, 0.29) is 6.61 Å². The summed E-state index contributed by atoms with van der Waals surface area (Å²) in [5.74, 6) is 0.545. The van der Waals surface area contributed by atoms with Gasteiger partial charge in [-0.05, 0) is 43.7 Å². The molecule has 28 heavy (non-hydrogen) atoms. The molecule has 2 aromatic carbocycles. The van der Waals surface area contributed by atoms with Crippen molar-refractivity contribution in [2.75, 3.05) is 0 Å². The summed E-state index contributed by atoms with van der Waals surface area (Å²) in [5.41, 5.74) is 3.57. The summed E-state index contributed by atoms with van der Waals surface area (Å²) in [6.07, 6.45) is 0. The van der Waals surface area contributed by atoms with Gasteiger partial charge in [-0.3, -0.25) is 0 Å². The number of ether oxygens (including phenoxy) is 1. The summed E-state index contributed by atoms with van der Waals surface area (Å²) in [6.45, 7) is 3.81. The smallest absolute Gasteiger partial charge is 0.336 e. The Hall–Kier alpha value is -3.85. The maximum absolute atomic E-state index is 11.6. The topological polar surface area (TPSA) is 81.1 Å². The van der Waals surface area contributed by atoms with Crippen LogP contribution in [0.5, 0.6) is 5.75 Å². The Balaban J connectivity index is 1.70. The van der Waals surface area contributed by atoms with Crippen LogP contribution in [-0.4, -0.2) is 9.78 Å². The molecule has 0 saturated heterocycles. The van der Waals surface area contributed by atoms with E-state index in [4.69, 9.17) is 9.15 Å². The zero-order valence-corrected chi connectivity index (χ0v) is 15.5. The predicted octanol–water partition coefficient (Wildman–Crippen LogP) is 4.05. The van der Waals surface area contributed by atoms with Gasteiger partial charge in [0.05, 0.1) is 17.1 Å². The van der Waals surface area contributed by atoms with Crippen LogP contribution in [0.15, 0.2) is 63.8 Å². The standard InChI is InChI=1S/C22H17N3O3/c1-14-10-22(26)28-21-11-17(8-9-18(14)21)27-13-20-19(12-23)15(2)24-25(20)16-6-4-3-5-7-16/h3-11H,13H2,1-2H3. The van der Waals surface area contributed by atoms with Crippen LogP contribution in [0.2, 0.25) is 0 Å². The van der Waals surface area contributed by atoms with Gasteiger partial charge in [0, 0.05) is 17.5 Å². The minimum absolute atomic E-state index is 0.153. The lowest BCUT2D eigenvalue weighted by Crippen LogP contribution is -2.07. The summed E-state index contributed by atoms with van der Waals surface area (Å²) >= 11 is 0. The minimum atomic E-state index is -0.397. The van der Waals surface area contributed by atoms with Crippen LogP contribution < -0.4 is 10.4 Å². The number of benzene rings is 2. The van der Waals surface area contributed by atoms with Gasteiger partial charge in [-0.2, -0.15) is 10.4 Å². The molecular weight excluding hydrogens is 354 g/mol. The van der Waals surface area contributed by atoms with E-state index >= 15 is 0 Å². The highest BCUT2D eigenvalue weighted by Gasteiger charge is 2.17. The Morgan fingerprint density at radius 3 is 2.68 bits per heavy atom. The van der Waals surface area contributed by atoms with Gasteiger partial charge in [0.25, 0.3) is 0 Å². The van der Waals surface area contributed by atoms with Crippen LogP contribution in [0, 0.1) is 25.2 Å². The summed E-state index contributed by atoms with van der Waals surface area (Å²) in [7, 11) is 0. The molecule has 0 spiro atoms. The Bertz CT molecular complexity index is 1260. The monoisotopic (exact) mass is 371 g/mol. The first kappa shape index (κ1) is 17.6. The molecule has 2 heterocycles. The van der Waals surface area contributed by atoms with Crippen molar-refractivity contribution in [3.05, 3.63) is 87.5 Å². The highest BCUT2D eigenvalue weighted by Crippen LogP contribution is 2.24. The van der Waals surface area contributed by atoms with Gasteiger partial charge in [0.2, 0.25) is 0 Å². The highest BCUT2D eigenvalue weighted by atomic mass is 16.5. The van der Waals surface area contributed by atoms with Crippen LogP contribution in [0.1, 0.15) is 22.5 Å². The first-order valence-electron chi connectivity index (χ1n) is 8.78. The average molecular weight is 371 g/mol. The van der Waals surface area contributed by atoms with E-state index in [0.29, 0.717) is 28.3 Å². The number of hydrogen-bond donors (Lipinski definition) is 0. The van der Waals surface area contributed by atoms with Crippen LogP contribution in [0.25, 0.3) is 16.7 Å². The van der Waals surface area contributed by atoms with Gasteiger partial charge in [-0.15, -0.1) is 0 Å². The Morgan fingerprint density at radius 1 is 1.14 bits per heavy atom. The Labute approximate surface area is 161 Å². The fourth-order valence-electron chi connectivity index (χ4n) is 3.18. The third-order valence-electron chi connectivity index (χ3n) is 4.57. The molecule has 0 amide bonds. The van der Waals surface area contributed by atoms with Crippen molar-refractivity contribution in [3.8, 4) is 17.5 Å². The first-order chi connectivity index (χ1) is 13.6. The van der Waals surface area contributed by atoms with Gasteiger partial charge in [-0.1, -0.05) is 18.2 Å². The van der Waals surface area contributed by atoms with Crippen molar-refractivity contribution in [3.63, 3.8) is 0 Å². The molecule has 0 atom stereocenters. The summed E-state index contributed by atoms with van der Waals surface area (Å²) in [4.78, 5) is 11.6. The fraction of sp³-hybridized carbons (Fsp3) is 0.136. The van der Waals surface area contributed by atoms with Crippen LogP contribution in [0.4, 0.5) is 0 Å². The average Bonchev–Trinajstić information content (AvgIpc) is 3.02. The SMILES string of the molecule is Cc1nn(-c2ccccc2)c(COc2ccc3c(C)cc(=O)oc3c2)c1C#N. The van der Waals surface area contributed by atoms with Crippen molar-refractivity contribution in [2.45, 2.75) is 20.5 Å². The second-order valence-electron chi connectivity index (χ2n) is 6.46. The molecule has 0 unspecified atom stereocenters. The van der Waals surface area contributed by atoms with Crippen molar-refractivity contribution in [2.24, 2.45) is 0 Å². The molecule has 0 aliphatic heterocycles. The normalized spacial score (nSPS) is 10.8. The zero-order chi connectivity index (χ0) is 19.7. The summed E-state index contributed by atoms with van der Waals surface area (Å²) in [6, 6.07) is 18.6. The van der Waals surface area contributed by atoms with Gasteiger partial charge in [0.15, 0.2) is 0 Å². The summed E-state index contributed by atoms with van der Waals surface area (Å²) in [5, 5.41) is 14.9. The molecular formula is C22H17N3O3. The van der Waals surface area contributed by atoms with Gasteiger partial charge >= 0.3 is 5.63 Å². The second-order valence-corrected chi connectivity index (χ2v) is 6.46. The van der Waals surface area contributed by atoms with E-state index in [2.05, 4.69) is 11.2 Å². The lowest BCUT2D eigenvalue weighted by Gasteiger charge is -2.10. The lowest BCUT2D eigenvalue weighted by atomic mass is 10.1. The number of nitriles is 1. The van der Waals surface area contributed by atoms with E-state index < -0.39 is 5.63 Å². The fourth-order valence-corrected chi connectivity index (χ4v) is 3.18. The van der Waals surface area contributed by atoms with E-state index in [1.807, 2.05) is 49.4 Å². The number of nitrogens with zero attached hydrogens (tertiary/aromatic N) is 3. The number of para-hydroxylation sites is 1. The van der Waals surface area contributed by atoms with Gasteiger partial charge in [-0.25, -0.2) is 9.48 Å². The molecule has 0 saturated carbocycles. The van der Waals surface area contributed by atoms with Crippen molar-refractivity contribution >= 4 is 11.0 Å². The molecule has 4 rings (SSSR count). The third kappa shape index (κ3) is 3.14. The van der Waals surface area contributed by atoms with Crippen molar-refractivity contribution in [1.29, 1.82) is 5.26 Å². The van der Waals surface area contributed by atoms with Crippen LogP contribution in [-0.2, 0) is 6.61 Å². The van der Waals surface area contributed by atoms with E-state index in [0.717, 1.165) is 16.6 Å². The molecule has 6 heteroatoms. The van der Waals surface area contributed by atoms with Crippen LogP contribution >= 0.6 is 0 Å². The molecule has 0 radical (unpaired) electrons. The molecule has 6 nitrogen and oxygen atoms in total. The molecule has 0 aliphatic rings. The quantitative estimate of drug-likeness (QED) is 0.506. The number of hydrogen-bond acceptors (Lipinski definition) is 5. The maximum atomic E-state index is 11.6. The molecule has 4 aromatic rings. The minimum Gasteiger partial charge on any atom is -0.487 e. The largest absolute Gasteiger partial charge is 0.487 e. The highest BCUT2D eigenvalue weighted by molar-refractivity contribution is 5.81. The lowest BCUT2D eigenvalue weighted by molar-refractivity contribution is 0.297. The van der Waals surface area contributed by atoms with Crippen LogP contribution in [0.3, 0.4) is 0 Å². The third-order valence-corrected chi connectivity index (χ3v) is 4.57.